The highest BCUT2D eigenvalue weighted by Crippen LogP contribution is 2.11. The van der Waals surface area contributed by atoms with Gasteiger partial charge in [-0.3, -0.25) is 10.3 Å². The van der Waals surface area contributed by atoms with Crippen LogP contribution in [0.25, 0.3) is 0 Å². The topological polar surface area (TPSA) is 75.2 Å². The molecule has 5 heteroatoms. The van der Waals surface area contributed by atoms with Crippen LogP contribution in [0, 0.1) is 5.41 Å². The van der Waals surface area contributed by atoms with Crippen LogP contribution in [0.5, 0.6) is 5.88 Å². The van der Waals surface area contributed by atoms with Crippen LogP contribution in [-0.4, -0.2) is 29.9 Å². The summed E-state index contributed by atoms with van der Waals surface area (Å²) >= 11 is 0. The molecule has 3 N–H and O–H groups in total. The minimum absolute atomic E-state index is 0.0916. The molecule has 0 aliphatic rings. The molecule has 0 saturated carbocycles. The van der Waals surface area contributed by atoms with E-state index in [0.29, 0.717) is 5.88 Å². The number of nitrogens with two attached hydrogens (primary N) is 1. The zero-order valence-corrected chi connectivity index (χ0v) is 12.3. The lowest BCUT2D eigenvalue weighted by molar-refractivity contribution is 0.312. The first-order valence-corrected chi connectivity index (χ1v) is 6.70. The van der Waals surface area contributed by atoms with E-state index in [1.807, 2.05) is 49.5 Å². The molecule has 0 fully saturated rings. The van der Waals surface area contributed by atoms with E-state index in [1.54, 1.807) is 7.11 Å². The van der Waals surface area contributed by atoms with E-state index < -0.39 is 0 Å². The zero-order valence-electron chi connectivity index (χ0n) is 12.3. The predicted octanol–water partition coefficient (Wildman–Crippen LogP) is 2.01. The van der Waals surface area contributed by atoms with E-state index in [2.05, 4.69) is 9.88 Å². The lowest BCUT2D eigenvalue weighted by atomic mass is 10.1. The summed E-state index contributed by atoms with van der Waals surface area (Å²) in [6, 6.07) is 13.5. The molecule has 0 atom stereocenters. The number of nitrogens with one attached hydrogen (secondary N) is 1. The van der Waals surface area contributed by atoms with Gasteiger partial charge in [-0.1, -0.05) is 24.3 Å². The van der Waals surface area contributed by atoms with Crippen LogP contribution in [0.1, 0.15) is 16.8 Å². The van der Waals surface area contributed by atoms with Crippen molar-refractivity contribution in [3.8, 4) is 5.88 Å². The molecule has 110 valence electrons. The number of benzene rings is 1. The average molecular weight is 284 g/mol. The number of methoxy groups -OCH3 is 1. The second-order valence-electron chi connectivity index (χ2n) is 4.96. The molecule has 0 aliphatic heterocycles. The third-order valence-corrected chi connectivity index (χ3v) is 3.11. The summed E-state index contributed by atoms with van der Waals surface area (Å²) in [6.07, 6.45) is 0. The van der Waals surface area contributed by atoms with Gasteiger partial charge < -0.3 is 10.5 Å². The predicted molar refractivity (Wildman–Crippen MR) is 83.4 cm³/mol. The maximum Gasteiger partial charge on any atom is 0.213 e. The molecular weight excluding hydrogens is 264 g/mol. The van der Waals surface area contributed by atoms with Crippen LogP contribution in [0.2, 0.25) is 0 Å². The number of aromatic nitrogens is 1. The summed E-state index contributed by atoms with van der Waals surface area (Å²) in [5, 5.41) is 7.48. The van der Waals surface area contributed by atoms with Gasteiger partial charge in [0, 0.05) is 24.7 Å². The summed E-state index contributed by atoms with van der Waals surface area (Å²) in [5.74, 6) is 0.716. The second-order valence-corrected chi connectivity index (χ2v) is 4.96. The Morgan fingerprint density at radius 3 is 2.71 bits per heavy atom. The number of hydrogen-bond donors (Lipinski definition) is 2. The average Bonchev–Trinajstić information content (AvgIpc) is 2.47. The van der Waals surface area contributed by atoms with Crippen molar-refractivity contribution in [2.75, 3.05) is 14.2 Å². The summed E-state index contributed by atoms with van der Waals surface area (Å²) in [6.45, 7) is 1.49. The molecule has 2 rings (SSSR count). The van der Waals surface area contributed by atoms with E-state index in [-0.39, 0.29) is 5.84 Å². The maximum atomic E-state index is 7.48. The SMILES string of the molecule is COc1cccc(CN(C)Cc2cccc(C(=N)N)c2)n1. The van der Waals surface area contributed by atoms with Crippen molar-refractivity contribution in [3.05, 3.63) is 59.3 Å². The highest BCUT2D eigenvalue weighted by atomic mass is 16.5. The van der Waals surface area contributed by atoms with Crippen molar-refractivity contribution >= 4 is 5.84 Å². The van der Waals surface area contributed by atoms with Gasteiger partial charge in [-0.2, -0.15) is 0 Å². The number of pyridine rings is 1. The number of amidine groups is 1. The van der Waals surface area contributed by atoms with Crippen molar-refractivity contribution in [3.63, 3.8) is 0 Å². The molecular formula is C16H20N4O. The summed E-state index contributed by atoms with van der Waals surface area (Å²) in [5.41, 5.74) is 8.34. The van der Waals surface area contributed by atoms with E-state index in [4.69, 9.17) is 15.9 Å². The molecule has 1 aromatic carbocycles. The van der Waals surface area contributed by atoms with Gasteiger partial charge in [-0.15, -0.1) is 0 Å². The van der Waals surface area contributed by atoms with Gasteiger partial charge in [0.15, 0.2) is 0 Å². The van der Waals surface area contributed by atoms with Crippen LogP contribution in [0.15, 0.2) is 42.5 Å². The maximum absolute atomic E-state index is 7.48. The Morgan fingerprint density at radius 1 is 1.24 bits per heavy atom. The van der Waals surface area contributed by atoms with Gasteiger partial charge in [-0.25, -0.2) is 4.98 Å². The molecule has 2 aromatic rings. The Bertz CT molecular complexity index is 627. The van der Waals surface area contributed by atoms with Gasteiger partial charge in [0.05, 0.1) is 12.8 Å². The molecule has 0 spiro atoms. The monoisotopic (exact) mass is 284 g/mol. The van der Waals surface area contributed by atoms with Gasteiger partial charge in [0.25, 0.3) is 0 Å². The van der Waals surface area contributed by atoms with Crippen molar-refractivity contribution < 1.29 is 4.74 Å². The third kappa shape index (κ3) is 4.29. The van der Waals surface area contributed by atoms with Crippen LogP contribution >= 0.6 is 0 Å². The van der Waals surface area contributed by atoms with E-state index in [1.165, 1.54) is 0 Å². The van der Waals surface area contributed by atoms with Crippen molar-refractivity contribution in [2.24, 2.45) is 5.73 Å². The number of ether oxygens (including phenoxy) is 1. The minimum Gasteiger partial charge on any atom is -0.481 e. The van der Waals surface area contributed by atoms with Crippen molar-refractivity contribution in [1.82, 2.24) is 9.88 Å². The largest absolute Gasteiger partial charge is 0.481 e. The van der Waals surface area contributed by atoms with Crippen LogP contribution in [0.3, 0.4) is 0 Å². The number of hydrogen-bond acceptors (Lipinski definition) is 4. The first-order valence-electron chi connectivity index (χ1n) is 6.70. The molecule has 1 heterocycles. The molecule has 0 unspecified atom stereocenters. The Labute approximate surface area is 124 Å². The van der Waals surface area contributed by atoms with Gasteiger partial charge in [0.1, 0.15) is 5.84 Å². The third-order valence-electron chi connectivity index (χ3n) is 3.11. The molecule has 1 aromatic heterocycles. The fourth-order valence-corrected chi connectivity index (χ4v) is 2.14. The molecule has 5 nitrogen and oxygen atoms in total. The zero-order chi connectivity index (χ0) is 15.2. The summed E-state index contributed by atoms with van der Waals surface area (Å²) < 4.78 is 5.13. The molecule has 0 saturated heterocycles. The quantitative estimate of drug-likeness (QED) is 0.628. The second kappa shape index (κ2) is 6.85. The normalized spacial score (nSPS) is 10.6. The van der Waals surface area contributed by atoms with Gasteiger partial charge in [-0.05, 0) is 24.7 Å². The molecule has 0 aliphatic carbocycles. The smallest absolute Gasteiger partial charge is 0.213 e. The molecule has 0 radical (unpaired) electrons. The van der Waals surface area contributed by atoms with Gasteiger partial charge in [0.2, 0.25) is 5.88 Å². The Morgan fingerprint density at radius 2 is 2.00 bits per heavy atom. The summed E-state index contributed by atoms with van der Waals surface area (Å²) in [7, 11) is 3.64. The fraction of sp³-hybridized carbons (Fsp3) is 0.250. The molecule has 21 heavy (non-hydrogen) atoms. The Kier molecular flexibility index (Phi) is 4.90. The van der Waals surface area contributed by atoms with E-state index in [9.17, 15) is 0 Å². The first-order chi connectivity index (χ1) is 10.1. The number of nitrogens with zero attached hydrogens (tertiary/aromatic N) is 2. The highest BCUT2D eigenvalue weighted by Gasteiger charge is 2.05. The van der Waals surface area contributed by atoms with Crippen LogP contribution in [0.4, 0.5) is 0 Å². The Balaban J connectivity index is 2.02. The lowest BCUT2D eigenvalue weighted by Crippen LogP contribution is -2.19. The van der Waals surface area contributed by atoms with Crippen LogP contribution < -0.4 is 10.5 Å². The van der Waals surface area contributed by atoms with Gasteiger partial charge >= 0.3 is 0 Å². The lowest BCUT2D eigenvalue weighted by Gasteiger charge is -2.17. The van der Waals surface area contributed by atoms with E-state index in [0.717, 1.165) is 29.9 Å². The molecule has 0 amide bonds. The summed E-state index contributed by atoms with van der Waals surface area (Å²) in [4.78, 5) is 6.55. The first kappa shape index (κ1) is 15.0. The molecule has 0 bridgehead atoms. The van der Waals surface area contributed by atoms with Crippen molar-refractivity contribution in [1.29, 1.82) is 5.41 Å². The fourth-order valence-electron chi connectivity index (χ4n) is 2.14. The van der Waals surface area contributed by atoms with Crippen LogP contribution in [-0.2, 0) is 13.1 Å². The standard InChI is InChI=1S/C16H20N4O/c1-20(11-14-7-4-8-15(19-14)21-2)10-12-5-3-6-13(9-12)16(17)18/h3-9H,10-11H2,1-2H3,(H3,17,18). The highest BCUT2D eigenvalue weighted by molar-refractivity contribution is 5.95. The number of rotatable bonds is 6. The number of nitrogen functional groups attached to an aromatic ring is 1. The Hall–Kier alpha value is -2.40. The van der Waals surface area contributed by atoms with E-state index >= 15 is 0 Å². The minimum atomic E-state index is 0.0916. The van der Waals surface area contributed by atoms with Crippen molar-refractivity contribution in [2.45, 2.75) is 13.1 Å².